The van der Waals surface area contributed by atoms with E-state index in [-0.39, 0.29) is 24.2 Å². The lowest BCUT2D eigenvalue weighted by Crippen LogP contribution is -2.18. The zero-order chi connectivity index (χ0) is 14.0. The predicted octanol–water partition coefficient (Wildman–Crippen LogP) is 1.62. The van der Waals surface area contributed by atoms with Crippen LogP contribution in [0.25, 0.3) is 11.2 Å². The summed E-state index contributed by atoms with van der Waals surface area (Å²) >= 11 is 5.90. The number of primary amides is 1. The molecule has 0 aliphatic carbocycles. The molecule has 0 fully saturated rings. The van der Waals surface area contributed by atoms with Crippen LogP contribution in [0.3, 0.4) is 0 Å². The standard InChI is InChI=1S/C12H15ClN4O2/c1-7(5-9(14)18)17-10(6-13)15-8-3-4-11(19-2)16-12(8)17/h3-4,7H,5-6H2,1-2H3,(H2,14,18). The van der Waals surface area contributed by atoms with Crippen molar-refractivity contribution in [2.75, 3.05) is 7.11 Å². The van der Waals surface area contributed by atoms with Gasteiger partial charge in [0.2, 0.25) is 11.8 Å². The Morgan fingerprint density at radius 1 is 1.53 bits per heavy atom. The maximum Gasteiger partial charge on any atom is 0.219 e. The summed E-state index contributed by atoms with van der Waals surface area (Å²) in [5.41, 5.74) is 6.60. The highest BCUT2D eigenvalue weighted by Crippen LogP contribution is 2.24. The Morgan fingerprint density at radius 3 is 2.84 bits per heavy atom. The molecule has 2 rings (SSSR count). The molecule has 0 aliphatic rings. The Balaban J connectivity index is 2.57. The zero-order valence-electron chi connectivity index (χ0n) is 10.8. The number of nitrogens with zero attached hydrogens (tertiary/aromatic N) is 3. The van der Waals surface area contributed by atoms with E-state index < -0.39 is 0 Å². The first kappa shape index (κ1) is 13.6. The number of imidazole rings is 1. The van der Waals surface area contributed by atoms with Gasteiger partial charge in [-0.05, 0) is 13.0 Å². The van der Waals surface area contributed by atoms with Crippen molar-refractivity contribution in [1.29, 1.82) is 0 Å². The topological polar surface area (TPSA) is 83.0 Å². The molecule has 0 saturated carbocycles. The van der Waals surface area contributed by atoms with Crippen molar-refractivity contribution in [3.8, 4) is 5.88 Å². The molecule has 0 bridgehead atoms. The van der Waals surface area contributed by atoms with Gasteiger partial charge in [0, 0.05) is 18.5 Å². The Bertz CT molecular complexity index is 611. The second-order valence-corrected chi connectivity index (χ2v) is 4.51. The van der Waals surface area contributed by atoms with Crippen molar-refractivity contribution in [2.45, 2.75) is 25.3 Å². The normalized spacial score (nSPS) is 12.6. The van der Waals surface area contributed by atoms with E-state index in [9.17, 15) is 4.79 Å². The van der Waals surface area contributed by atoms with Crippen LogP contribution in [0.2, 0.25) is 0 Å². The summed E-state index contributed by atoms with van der Waals surface area (Å²) in [7, 11) is 1.55. The van der Waals surface area contributed by atoms with Gasteiger partial charge in [0.25, 0.3) is 0 Å². The van der Waals surface area contributed by atoms with Crippen LogP contribution < -0.4 is 10.5 Å². The number of methoxy groups -OCH3 is 1. The monoisotopic (exact) mass is 282 g/mol. The van der Waals surface area contributed by atoms with Crippen molar-refractivity contribution in [3.63, 3.8) is 0 Å². The molecule has 1 unspecified atom stereocenters. The molecule has 0 aliphatic heterocycles. The van der Waals surface area contributed by atoms with Crippen LogP contribution in [-0.2, 0) is 10.7 Å². The Kier molecular flexibility index (Phi) is 3.90. The minimum absolute atomic E-state index is 0.157. The third kappa shape index (κ3) is 2.63. The van der Waals surface area contributed by atoms with Gasteiger partial charge in [-0.3, -0.25) is 4.79 Å². The molecular formula is C12H15ClN4O2. The molecule has 7 heteroatoms. The van der Waals surface area contributed by atoms with Gasteiger partial charge in [0.15, 0.2) is 5.65 Å². The summed E-state index contributed by atoms with van der Waals surface area (Å²) in [6.45, 7) is 1.88. The smallest absolute Gasteiger partial charge is 0.219 e. The first-order valence-corrected chi connectivity index (χ1v) is 6.36. The predicted molar refractivity (Wildman–Crippen MR) is 72.2 cm³/mol. The molecule has 0 spiro atoms. The number of carbonyl (C=O) groups is 1. The molecular weight excluding hydrogens is 268 g/mol. The number of alkyl halides is 1. The van der Waals surface area contributed by atoms with Gasteiger partial charge in [-0.15, -0.1) is 11.6 Å². The van der Waals surface area contributed by atoms with E-state index in [0.29, 0.717) is 22.9 Å². The van der Waals surface area contributed by atoms with E-state index in [1.807, 2.05) is 17.6 Å². The van der Waals surface area contributed by atoms with Gasteiger partial charge < -0.3 is 15.0 Å². The SMILES string of the molecule is COc1ccc2nc(CCl)n(C(C)CC(N)=O)c2n1. The summed E-state index contributed by atoms with van der Waals surface area (Å²) in [5.74, 6) is 1.01. The second-order valence-electron chi connectivity index (χ2n) is 4.25. The lowest BCUT2D eigenvalue weighted by Gasteiger charge is -2.14. The van der Waals surface area contributed by atoms with Crippen LogP contribution in [0.1, 0.15) is 25.2 Å². The number of fused-ring (bicyclic) bond motifs is 1. The fourth-order valence-corrected chi connectivity index (χ4v) is 2.25. The van der Waals surface area contributed by atoms with E-state index >= 15 is 0 Å². The summed E-state index contributed by atoms with van der Waals surface area (Å²) in [5, 5.41) is 0. The van der Waals surface area contributed by atoms with Gasteiger partial charge in [-0.1, -0.05) is 0 Å². The lowest BCUT2D eigenvalue weighted by molar-refractivity contribution is -0.118. The molecule has 1 atom stereocenters. The van der Waals surface area contributed by atoms with Crippen LogP contribution in [-0.4, -0.2) is 27.6 Å². The Hall–Kier alpha value is -1.82. The highest BCUT2D eigenvalue weighted by atomic mass is 35.5. The van der Waals surface area contributed by atoms with Crippen molar-refractivity contribution in [2.24, 2.45) is 5.73 Å². The molecule has 2 N–H and O–H groups in total. The molecule has 0 saturated heterocycles. The van der Waals surface area contributed by atoms with Crippen LogP contribution >= 0.6 is 11.6 Å². The number of rotatable bonds is 5. The molecule has 2 aromatic heterocycles. The molecule has 2 heterocycles. The first-order valence-electron chi connectivity index (χ1n) is 5.83. The number of pyridine rings is 1. The molecule has 19 heavy (non-hydrogen) atoms. The number of halogens is 1. The third-order valence-electron chi connectivity index (χ3n) is 2.85. The van der Waals surface area contributed by atoms with E-state index in [1.54, 1.807) is 13.2 Å². The number of aromatic nitrogens is 3. The summed E-state index contributed by atoms with van der Waals surface area (Å²) in [4.78, 5) is 19.8. The number of hydrogen-bond acceptors (Lipinski definition) is 4. The molecule has 2 aromatic rings. The van der Waals surface area contributed by atoms with E-state index in [0.717, 1.165) is 0 Å². The number of ether oxygens (including phenoxy) is 1. The van der Waals surface area contributed by atoms with Crippen LogP contribution in [0.15, 0.2) is 12.1 Å². The Morgan fingerprint density at radius 2 is 2.26 bits per heavy atom. The van der Waals surface area contributed by atoms with Crippen LogP contribution in [0, 0.1) is 0 Å². The average molecular weight is 283 g/mol. The molecule has 0 aromatic carbocycles. The van der Waals surface area contributed by atoms with Crippen LogP contribution in [0.5, 0.6) is 5.88 Å². The number of hydrogen-bond donors (Lipinski definition) is 1. The summed E-state index contributed by atoms with van der Waals surface area (Å²) in [6.07, 6.45) is 0.203. The maximum absolute atomic E-state index is 11.1. The van der Waals surface area contributed by atoms with Crippen molar-refractivity contribution < 1.29 is 9.53 Å². The molecule has 1 amide bonds. The fourth-order valence-electron chi connectivity index (χ4n) is 2.06. The van der Waals surface area contributed by atoms with Crippen molar-refractivity contribution in [1.82, 2.24) is 14.5 Å². The molecule has 102 valence electrons. The highest BCUT2D eigenvalue weighted by molar-refractivity contribution is 6.16. The van der Waals surface area contributed by atoms with Gasteiger partial charge in [-0.2, -0.15) is 4.98 Å². The van der Waals surface area contributed by atoms with Gasteiger partial charge >= 0.3 is 0 Å². The number of carbonyl (C=O) groups excluding carboxylic acids is 1. The van der Waals surface area contributed by atoms with Crippen molar-refractivity contribution in [3.05, 3.63) is 18.0 Å². The van der Waals surface area contributed by atoms with Gasteiger partial charge in [-0.25, -0.2) is 4.98 Å². The second kappa shape index (κ2) is 5.44. The first-order chi connectivity index (χ1) is 9.06. The van der Waals surface area contributed by atoms with E-state index in [4.69, 9.17) is 22.1 Å². The third-order valence-corrected chi connectivity index (χ3v) is 3.09. The van der Waals surface area contributed by atoms with Gasteiger partial charge in [0.05, 0.1) is 13.0 Å². The molecule has 0 radical (unpaired) electrons. The summed E-state index contributed by atoms with van der Waals surface area (Å²) in [6, 6.07) is 3.39. The van der Waals surface area contributed by atoms with Gasteiger partial charge in [0.1, 0.15) is 11.3 Å². The minimum atomic E-state index is -0.377. The highest BCUT2D eigenvalue weighted by Gasteiger charge is 2.18. The maximum atomic E-state index is 11.1. The van der Waals surface area contributed by atoms with E-state index in [2.05, 4.69) is 9.97 Å². The van der Waals surface area contributed by atoms with E-state index in [1.165, 1.54) is 0 Å². The minimum Gasteiger partial charge on any atom is -0.481 e. The fraction of sp³-hybridized carbons (Fsp3) is 0.417. The number of amides is 1. The Labute approximate surface area is 115 Å². The van der Waals surface area contributed by atoms with Crippen molar-refractivity contribution >= 4 is 28.7 Å². The molecule has 6 nitrogen and oxygen atoms in total. The number of nitrogens with two attached hydrogens (primary N) is 1. The quantitative estimate of drug-likeness (QED) is 0.845. The van der Waals surface area contributed by atoms with Crippen LogP contribution in [0.4, 0.5) is 0 Å². The largest absolute Gasteiger partial charge is 0.481 e. The zero-order valence-corrected chi connectivity index (χ0v) is 11.5. The average Bonchev–Trinajstić information content (AvgIpc) is 2.74. The summed E-state index contributed by atoms with van der Waals surface area (Å²) < 4.78 is 6.93. The lowest BCUT2D eigenvalue weighted by atomic mass is 10.2.